The van der Waals surface area contributed by atoms with Crippen molar-refractivity contribution in [1.82, 2.24) is 4.98 Å². The highest BCUT2D eigenvalue weighted by molar-refractivity contribution is 5.73. The molecule has 0 radical (unpaired) electrons. The predicted molar refractivity (Wildman–Crippen MR) is 123 cm³/mol. The normalized spacial score (nSPS) is 13.8. The SMILES string of the molecule is C=Cc1ccc(C(/C=C(\CC)CCC(C)C)=C/CF)nc1CC(C)CCCC. The highest BCUT2D eigenvalue weighted by Gasteiger charge is 2.11. The summed E-state index contributed by atoms with van der Waals surface area (Å²) in [6, 6.07) is 4.09. The molecular weight excluding hydrogens is 345 g/mol. The first-order chi connectivity index (χ1) is 13.4. The van der Waals surface area contributed by atoms with E-state index in [0.29, 0.717) is 11.8 Å². The number of unbranched alkanes of at least 4 members (excludes halogenated alkanes) is 1. The van der Waals surface area contributed by atoms with Crippen LogP contribution in [0.5, 0.6) is 0 Å². The third kappa shape index (κ3) is 8.54. The Morgan fingerprint density at radius 3 is 2.50 bits per heavy atom. The van der Waals surface area contributed by atoms with Crippen molar-refractivity contribution in [3.8, 4) is 0 Å². The molecule has 1 atom stereocenters. The van der Waals surface area contributed by atoms with Crippen LogP contribution >= 0.6 is 0 Å². The molecule has 0 N–H and O–H groups in total. The summed E-state index contributed by atoms with van der Waals surface area (Å²) in [4.78, 5) is 4.94. The summed E-state index contributed by atoms with van der Waals surface area (Å²) < 4.78 is 13.2. The zero-order valence-corrected chi connectivity index (χ0v) is 18.7. The van der Waals surface area contributed by atoms with Crippen LogP contribution in [0, 0.1) is 11.8 Å². The van der Waals surface area contributed by atoms with E-state index in [1.807, 2.05) is 12.1 Å². The average Bonchev–Trinajstić information content (AvgIpc) is 2.68. The predicted octanol–water partition coefficient (Wildman–Crippen LogP) is 8.22. The molecule has 0 saturated heterocycles. The van der Waals surface area contributed by atoms with Gasteiger partial charge in [0.15, 0.2) is 0 Å². The van der Waals surface area contributed by atoms with Gasteiger partial charge < -0.3 is 0 Å². The fraction of sp³-hybridized carbons (Fsp3) is 0.577. The Balaban J connectivity index is 3.16. The van der Waals surface area contributed by atoms with E-state index in [1.54, 1.807) is 6.08 Å². The summed E-state index contributed by atoms with van der Waals surface area (Å²) in [6.07, 6.45) is 13.5. The number of aromatic nitrogens is 1. The van der Waals surface area contributed by atoms with Crippen LogP contribution in [0.2, 0.25) is 0 Å². The third-order valence-electron chi connectivity index (χ3n) is 5.27. The number of hydrogen-bond donors (Lipinski definition) is 0. The fourth-order valence-electron chi connectivity index (χ4n) is 3.37. The van der Waals surface area contributed by atoms with E-state index in [4.69, 9.17) is 4.98 Å². The second-order valence-electron chi connectivity index (χ2n) is 8.29. The standard InChI is InChI=1S/C26H40FN/c1-7-10-11-21(6)18-26-23(9-3)14-15-25(28-26)24(16-17-27)19-22(8-2)13-12-20(4)5/h9,14-16,19-21H,3,7-8,10-13,17-18H2,1-2,4-6H3/b22-19+,24-16+. The number of rotatable bonds is 13. The maximum absolute atomic E-state index is 13.2. The molecule has 1 unspecified atom stereocenters. The van der Waals surface area contributed by atoms with Crippen LogP contribution in [-0.2, 0) is 6.42 Å². The number of hydrogen-bond acceptors (Lipinski definition) is 1. The zero-order chi connectivity index (χ0) is 20.9. The Hall–Kier alpha value is -1.70. The van der Waals surface area contributed by atoms with Crippen LogP contribution in [0.25, 0.3) is 11.6 Å². The Kier molecular flexibility index (Phi) is 11.7. The number of allylic oxidation sites excluding steroid dienone is 4. The van der Waals surface area contributed by atoms with E-state index in [0.717, 1.165) is 48.2 Å². The number of alkyl halides is 1. The molecule has 2 heteroatoms. The molecule has 1 rings (SSSR count). The lowest BCUT2D eigenvalue weighted by atomic mass is 9.95. The first kappa shape index (κ1) is 24.3. The summed E-state index contributed by atoms with van der Waals surface area (Å²) in [6.45, 7) is 14.7. The molecule has 0 aromatic carbocycles. The van der Waals surface area contributed by atoms with Crippen LogP contribution in [-0.4, -0.2) is 11.7 Å². The van der Waals surface area contributed by atoms with Crippen molar-refractivity contribution in [2.75, 3.05) is 6.67 Å². The second-order valence-corrected chi connectivity index (χ2v) is 8.29. The molecule has 1 nitrogen and oxygen atoms in total. The van der Waals surface area contributed by atoms with Crippen LogP contribution in [0.15, 0.2) is 36.4 Å². The molecule has 1 aromatic rings. The summed E-state index contributed by atoms with van der Waals surface area (Å²) in [5.74, 6) is 1.26. The van der Waals surface area contributed by atoms with Gasteiger partial charge in [-0.15, -0.1) is 0 Å². The quantitative estimate of drug-likeness (QED) is 0.312. The minimum Gasteiger partial charge on any atom is -0.252 e. The van der Waals surface area contributed by atoms with Crippen LogP contribution < -0.4 is 0 Å². The van der Waals surface area contributed by atoms with Crippen molar-refractivity contribution in [3.63, 3.8) is 0 Å². The molecule has 0 saturated carbocycles. The lowest BCUT2D eigenvalue weighted by Gasteiger charge is -2.15. The average molecular weight is 386 g/mol. The van der Waals surface area contributed by atoms with Crippen LogP contribution in [0.1, 0.15) is 90.1 Å². The lowest BCUT2D eigenvalue weighted by Crippen LogP contribution is -2.05. The van der Waals surface area contributed by atoms with E-state index in [9.17, 15) is 4.39 Å². The van der Waals surface area contributed by atoms with E-state index in [1.165, 1.54) is 24.8 Å². The molecular formula is C26H40FN. The zero-order valence-electron chi connectivity index (χ0n) is 18.7. The van der Waals surface area contributed by atoms with Gasteiger partial charge in [-0.05, 0) is 60.8 Å². The van der Waals surface area contributed by atoms with Gasteiger partial charge in [0.2, 0.25) is 0 Å². The summed E-state index contributed by atoms with van der Waals surface area (Å²) in [5.41, 5.74) is 5.30. The van der Waals surface area contributed by atoms with Gasteiger partial charge in [-0.3, -0.25) is 4.98 Å². The van der Waals surface area contributed by atoms with Crippen molar-refractivity contribution in [3.05, 3.63) is 53.4 Å². The van der Waals surface area contributed by atoms with Gasteiger partial charge in [-0.2, -0.15) is 0 Å². The molecule has 0 fully saturated rings. The van der Waals surface area contributed by atoms with E-state index in [2.05, 4.69) is 53.3 Å². The minimum atomic E-state index is -0.472. The number of halogens is 1. The van der Waals surface area contributed by atoms with Gasteiger partial charge in [0.1, 0.15) is 6.67 Å². The van der Waals surface area contributed by atoms with Gasteiger partial charge in [-0.1, -0.05) is 84.3 Å². The Morgan fingerprint density at radius 1 is 1.18 bits per heavy atom. The Labute approximate surface area is 172 Å². The van der Waals surface area contributed by atoms with Gasteiger partial charge in [0.25, 0.3) is 0 Å². The summed E-state index contributed by atoms with van der Waals surface area (Å²) in [5, 5.41) is 0. The van der Waals surface area contributed by atoms with Crippen molar-refractivity contribution >= 4 is 11.6 Å². The third-order valence-corrected chi connectivity index (χ3v) is 5.27. The van der Waals surface area contributed by atoms with Crippen molar-refractivity contribution in [1.29, 1.82) is 0 Å². The molecule has 28 heavy (non-hydrogen) atoms. The van der Waals surface area contributed by atoms with E-state index < -0.39 is 6.67 Å². The minimum absolute atomic E-state index is 0.472. The number of nitrogens with zero attached hydrogens (tertiary/aromatic N) is 1. The van der Waals surface area contributed by atoms with Crippen molar-refractivity contribution in [2.24, 2.45) is 11.8 Å². The molecule has 1 aromatic heterocycles. The Morgan fingerprint density at radius 2 is 1.93 bits per heavy atom. The Bertz CT molecular complexity index is 654. The van der Waals surface area contributed by atoms with Gasteiger partial charge in [-0.25, -0.2) is 4.39 Å². The topological polar surface area (TPSA) is 12.9 Å². The van der Waals surface area contributed by atoms with Gasteiger partial charge >= 0.3 is 0 Å². The largest absolute Gasteiger partial charge is 0.252 e. The first-order valence-electron chi connectivity index (χ1n) is 11.0. The first-order valence-corrected chi connectivity index (χ1v) is 11.0. The molecule has 0 spiro atoms. The molecule has 0 bridgehead atoms. The van der Waals surface area contributed by atoms with Gasteiger partial charge in [0, 0.05) is 5.69 Å². The number of pyridine rings is 1. The maximum Gasteiger partial charge on any atom is 0.109 e. The molecule has 0 aliphatic heterocycles. The van der Waals surface area contributed by atoms with Crippen LogP contribution in [0.4, 0.5) is 4.39 Å². The lowest BCUT2D eigenvalue weighted by molar-refractivity contribution is 0.498. The molecule has 1 heterocycles. The molecule has 0 amide bonds. The van der Waals surface area contributed by atoms with Crippen LogP contribution in [0.3, 0.4) is 0 Å². The maximum atomic E-state index is 13.2. The van der Waals surface area contributed by atoms with E-state index >= 15 is 0 Å². The van der Waals surface area contributed by atoms with Crippen molar-refractivity contribution < 1.29 is 4.39 Å². The monoisotopic (exact) mass is 385 g/mol. The highest BCUT2D eigenvalue weighted by Crippen LogP contribution is 2.24. The molecule has 0 aliphatic rings. The molecule has 156 valence electrons. The molecule has 0 aliphatic carbocycles. The van der Waals surface area contributed by atoms with Gasteiger partial charge in [0.05, 0.1) is 5.69 Å². The summed E-state index contributed by atoms with van der Waals surface area (Å²) >= 11 is 0. The second kappa shape index (κ2) is 13.5. The fourth-order valence-corrected chi connectivity index (χ4v) is 3.37. The smallest absolute Gasteiger partial charge is 0.109 e. The summed E-state index contributed by atoms with van der Waals surface area (Å²) in [7, 11) is 0. The van der Waals surface area contributed by atoms with Crippen molar-refractivity contribution in [2.45, 2.75) is 79.6 Å². The highest BCUT2D eigenvalue weighted by atomic mass is 19.1. The van der Waals surface area contributed by atoms with E-state index in [-0.39, 0.29) is 0 Å².